The van der Waals surface area contributed by atoms with Crippen LogP contribution in [0.25, 0.3) is 11.4 Å². The van der Waals surface area contributed by atoms with Gasteiger partial charge in [0.2, 0.25) is 17.6 Å². The largest absolute Gasteiger partial charge is 0.497 e. The van der Waals surface area contributed by atoms with Crippen LogP contribution in [0, 0.1) is 5.92 Å². The first-order valence-corrected chi connectivity index (χ1v) is 9.28. The molecule has 1 fully saturated rings. The molecule has 144 valence electrons. The van der Waals surface area contributed by atoms with Gasteiger partial charge in [-0.3, -0.25) is 9.78 Å². The average molecular weight is 378 g/mol. The summed E-state index contributed by atoms with van der Waals surface area (Å²) in [6.07, 6.45) is 3.76. The minimum Gasteiger partial charge on any atom is -0.497 e. The van der Waals surface area contributed by atoms with E-state index in [2.05, 4.69) is 22.0 Å². The Balaban J connectivity index is 1.44. The first-order chi connectivity index (χ1) is 13.6. The van der Waals surface area contributed by atoms with E-state index in [9.17, 15) is 4.79 Å². The summed E-state index contributed by atoms with van der Waals surface area (Å²) in [6.45, 7) is 3.37. The van der Waals surface area contributed by atoms with Gasteiger partial charge < -0.3 is 14.2 Å². The summed E-state index contributed by atoms with van der Waals surface area (Å²) in [6, 6.07) is 11.3. The number of nitrogens with zero attached hydrogens (tertiary/aromatic N) is 4. The molecular formula is C21H22N4O3. The normalized spacial score (nSPS) is 19.0. The fraction of sp³-hybridized carbons (Fsp3) is 0.333. The minimum atomic E-state index is 0.0344. The highest BCUT2D eigenvalue weighted by Crippen LogP contribution is 2.32. The molecule has 0 unspecified atom stereocenters. The molecular weight excluding hydrogens is 356 g/mol. The van der Waals surface area contributed by atoms with Gasteiger partial charge in [0.1, 0.15) is 5.75 Å². The molecule has 7 heteroatoms. The summed E-state index contributed by atoms with van der Waals surface area (Å²) in [5.41, 5.74) is 1.76. The Bertz CT molecular complexity index is 957. The van der Waals surface area contributed by atoms with Crippen LogP contribution in [0.3, 0.4) is 0 Å². The van der Waals surface area contributed by atoms with E-state index >= 15 is 0 Å². The lowest BCUT2D eigenvalue weighted by Crippen LogP contribution is -2.30. The summed E-state index contributed by atoms with van der Waals surface area (Å²) in [5, 5.41) is 4.08. The number of likely N-dealkylation sites (tertiary alicyclic amines) is 1. The molecule has 28 heavy (non-hydrogen) atoms. The molecule has 0 radical (unpaired) electrons. The number of benzene rings is 1. The topological polar surface area (TPSA) is 81.4 Å². The fourth-order valence-corrected chi connectivity index (χ4v) is 3.56. The molecule has 2 atom stereocenters. The van der Waals surface area contributed by atoms with Gasteiger partial charge in [-0.05, 0) is 35.7 Å². The number of carbonyl (C=O) groups is 1. The summed E-state index contributed by atoms with van der Waals surface area (Å²) in [4.78, 5) is 23.3. The predicted molar refractivity (Wildman–Crippen MR) is 103 cm³/mol. The van der Waals surface area contributed by atoms with Gasteiger partial charge in [0.15, 0.2) is 0 Å². The number of pyridine rings is 1. The van der Waals surface area contributed by atoms with E-state index in [1.165, 1.54) is 0 Å². The van der Waals surface area contributed by atoms with Gasteiger partial charge in [0, 0.05) is 31.0 Å². The van der Waals surface area contributed by atoms with Gasteiger partial charge in [0.05, 0.1) is 19.4 Å². The maximum atomic E-state index is 12.8. The lowest BCUT2D eigenvalue weighted by atomic mass is 9.98. The molecule has 1 amide bonds. The van der Waals surface area contributed by atoms with Crippen molar-refractivity contribution in [3.05, 3.63) is 60.2 Å². The van der Waals surface area contributed by atoms with Crippen LogP contribution in [0.2, 0.25) is 0 Å². The summed E-state index contributed by atoms with van der Waals surface area (Å²) in [7, 11) is 1.62. The Morgan fingerprint density at radius 1 is 1.29 bits per heavy atom. The second-order valence-corrected chi connectivity index (χ2v) is 7.11. The van der Waals surface area contributed by atoms with E-state index < -0.39 is 0 Å². The molecule has 0 saturated carbocycles. The minimum absolute atomic E-state index is 0.0344. The number of carbonyl (C=O) groups excluding carboxylic acids is 1. The molecule has 0 bridgehead atoms. The first-order valence-electron chi connectivity index (χ1n) is 9.28. The maximum Gasteiger partial charge on any atom is 0.232 e. The maximum absolute atomic E-state index is 12.8. The number of hydrogen-bond donors (Lipinski definition) is 0. The summed E-state index contributed by atoms with van der Waals surface area (Å²) < 4.78 is 10.7. The Labute approximate surface area is 163 Å². The Kier molecular flexibility index (Phi) is 5.06. The summed E-state index contributed by atoms with van der Waals surface area (Å²) in [5.74, 6) is 2.23. The third-order valence-electron chi connectivity index (χ3n) is 5.13. The predicted octanol–water partition coefficient (Wildman–Crippen LogP) is 2.94. The van der Waals surface area contributed by atoms with E-state index in [4.69, 9.17) is 9.26 Å². The fourth-order valence-electron chi connectivity index (χ4n) is 3.56. The molecule has 3 heterocycles. The van der Waals surface area contributed by atoms with E-state index in [0.29, 0.717) is 31.2 Å². The third kappa shape index (κ3) is 3.74. The zero-order valence-corrected chi connectivity index (χ0v) is 15.9. The van der Waals surface area contributed by atoms with Crippen molar-refractivity contribution in [2.24, 2.45) is 5.92 Å². The molecule has 1 aliphatic rings. The number of rotatable bonds is 5. The Morgan fingerprint density at radius 3 is 2.96 bits per heavy atom. The van der Waals surface area contributed by atoms with Gasteiger partial charge in [-0.15, -0.1) is 0 Å². The van der Waals surface area contributed by atoms with Gasteiger partial charge in [-0.25, -0.2) is 0 Å². The molecule has 0 aliphatic carbocycles. The Morgan fingerprint density at radius 2 is 2.18 bits per heavy atom. The third-order valence-corrected chi connectivity index (χ3v) is 5.13. The highest BCUT2D eigenvalue weighted by molar-refractivity contribution is 5.79. The van der Waals surface area contributed by atoms with Crippen LogP contribution in [-0.2, 0) is 11.2 Å². The molecule has 0 spiro atoms. The van der Waals surface area contributed by atoms with Crippen LogP contribution in [-0.4, -0.2) is 46.1 Å². The number of hydrogen-bond acceptors (Lipinski definition) is 6. The van der Waals surface area contributed by atoms with Gasteiger partial charge >= 0.3 is 0 Å². The molecule has 1 saturated heterocycles. The number of aromatic nitrogens is 3. The zero-order chi connectivity index (χ0) is 19.5. The van der Waals surface area contributed by atoms with Crippen LogP contribution >= 0.6 is 0 Å². The van der Waals surface area contributed by atoms with Crippen molar-refractivity contribution in [3.8, 4) is 17.1 Å². The lowest BCUT2D eigenvalue weighted by Gasteiger charge is -2.16. The molecule has 7 nitrogen and oxygen atoms in total. The Hall–Kier alpha value is -3.22. The van der Waals surface area contributed by atoms with Crippen LogP contribution in [0.5, 0.6) is 5.75 Å². The van der Waals surface area contributed by atoms with Gasteiger partial charge in [0.25, 0.3) is 0 Å². The number of methoxy groups -OCH3 is 1. The van der Waals surface area contributed by atoms with Gasteiger partial charge in [-0.1, -0.05) is 24.2 Å². The highest BCUT2D eigenvalue weighted by atomic mass is 16.5. The van der Waals surface area contributed by atoms with Crippen LogP contribution in [0.4, 0.5) is 0 Å². The monoisotopic (exact) mass is 378 g/mol. The zero-order valence-electron chi connectivity index (χ0n) is 15.9. The van der Waals surface area contributed by atoms with Crippen molar-refractivity contribution in [1.82, 2.24) is 20.0 Å². The molecule has 1 aromatic carbocycles. The van der Waals surface area contributed by atoms with Crippen molar-refractivity contribution < 1.29 is 14.1 Å². The van der Waals surface area contributed by atoms with E-state index in [0.717, 1.165) is 16.9 Å². The second kappa shape index (κ2) is 7.80. The van der Waals surface area contributed by atoms with E-state index in [1.807, 2.05) is 41.3 Å². The van der Waals surface area contributed by atoms with Crippen molar-refractivity contribution in [3.63, 3.8) is 0 Å². The van der Waals surface area contributed by atoms with Crippen LogP contribution in [0.15, 0.2) is 53.3 Å². The average Bonchev–Trinajstić information content (AvgIpc) is 3.35. The van der Waals surface area contributed by atoms with Crippen molar-refractivity contribution in [2.45, 2.75) is 19.3 Å². The van der Waals surface area contributed by atoms with E-state index in [-0.39, 0.29) is 17.7 Å². The van der Waals surface area contributed by atoms with Crippen LogP contribution in [0.1, 0.15) is 24.3 Å². The molecule has 2 aromatic heterocycles. The van der Waals surface area contributed by atoms with Crippen molar-refractivity contribution in [1.29, 1.82) is 0 Å². The van der Waals surface area contributed by atoms with Gasteiger partial charge in [-0.2, -0.15) is 4.98 Å². The lowest BCUT2D eigenvalue weighted by molar-refractivity contribution is -0.129. The molecule has 4 rings (SSSR count). The quantitative estimate of drug-likeness (QED) is 0.679. The molecule has 1 aliphatic heterocycles. The first kappa shape index (κ1) is 18.2. The number of ether oxygens (including phenoxy) is 1. The molecule has 0 N–H and O–H groups in total. The van der Waals surface area contributed by atoms with Crippen molar-refractivity contribution >= 4 is 5.91 Å². The standard InChI is InChI=1S/C21H22N4O3/c1-14-12-25(19(26)10-15-5-3-7-17(9-15)27-2)13-18(14)21-23-20(24-28-21)16-6-4-8-22-11-16/h3-9,11,14,18H,10,12-13H2,1-2H3/t14-,18-/m0/s1. The highest BCUT2D eigenvalue weighted by Gasteiger charge is 2.36. The van der Waals surface area contributed by atoms with Crippen molar-refractivity contribution in [2.75, 3.05) is 20.2 Å². The smallest absolute Gasteiger partial charge is 0.232 e. The molecule has 3 aromatic rings. The second-order valence-electron chi connectivity index (χ2n) is 7.11. The SMILES string of the molecule is COc1cccc(CC(=O)N2C[C@H](c3nc(-c4cccnc4)no3)[C@@H](C)C2)c1. The number of amides is 1. The van der Waals surface area contributed by atoms with Crippen LogP contribution < -0.4 is 4.74 Å². The van der Waals surface area contributed by atoms with E-state index in [1.54, 1.807) is 19.5 Å². The summed E-state index contributed by atoms with van der Waals surface area (Å²) >= 11 is 0.